The smallest absolute Gasteiger partial charge is 0.240 e. The predicted molar refractivity (Wildman–Crippen MR) is 84.5 cm³/mol. The van der Waals surface area contributed by atoms with Gasteiger partial charge in [0.05, 0.1) is 4.90 Å². The number of hydrogen-bond donors (Lipinski definition) is 2. The summed E-state index contributed by atoms with van der Waals surface area (Å²) in [6, 6.07) is 2.76. The molecule has 1 aromatic carbocycles. The topological polar surface area (TPSA) is 72.2 Å². The Hall–Kier alpha value is -0.780. The Morgan fingerprint density at radius 1 is 1.30 bits per heavy atom. The van der Waals surface area contributed by atoms with Crippen LogP contribution in [-0.2, 0) is 10.0 Å². The van der Waals surface area contributed by atoms with Gasteiger partial charge in [-0.05, 0) is 37.5 Å². The molecule has 1 rings (SSSR count). The van der Waals surface area contributed by atoms with E-state index in [4.69, 9.17) is 17.3 Å². The Labute approximate surface area is 126 Å². The van der Waals surface area contributed by atoms with Gasteiger partial charge >= 0.3 is 0 Å². The molecule has 0 aromatic heterocycles. The third-order valence-corrected chi connectivity index (χ3v) is 5.70. The van der Waals surface area contributed by atoms with Gasteiger partial charge < -0.3 is 5.73 Å². The zero-order valence-corrected chi connectivity index (χ0v) is 14.0. The van der Waals surface area contributed by atoms with Crippen molar-refractivity contribution < 1.29 is 8.42 Å². The highest BCUT2D eigenvalue weighted by atomic mass is 35.5. The molecule has 0 aliphatic carbocycles. The molecule has 0 bridgehead atoms. The van der Waals surface area contributed by atoms with Crippen molar-refractivity contribution >= 4 is 27.3 Å². The van der Waals surface area contributed by atoms with Crippen LogP contribution >= 0.6 is 11.6 Å². The van der Waals surface area contributed by atoms with Crippen LogP contribution in [0.2, 0.25) is 5.02 Å². The average Bonchev–Trinajstić information content (AvgIpc) is 2.36. The highest BCUT2D eigenvalue weighted by Crippen LogP contribution is 2.26. The largest absolute Gasteiger partial charge is 0.398 e. The lowest BCUT2D eigenvalue weighted by Gasteiger charge is -2.22. The third kappa shape index (κ3) is 3.87. The highest BCUT2D eigenvalue weighted by Gasteiger charge is 2.23. The van der Waals surface area contributed by atoms with Gasteiger partial charge in [-0.1, -0.05) is 38.3 Å². The van der Waals surface area contributed by atoms with E-state index in [0.29, 0.717) is 22.2 Å². The Bertz CT molecular complexity index is 546. The number of nitrogens with two attached hydrogens (primary N) is 1. The highest BCUT2D eigenvalue weighted by molar-refractivity contribution is 7.89. The molecule has 0 fully saturated rings. The van der Waals surface area contributed by atoms with Gasteiger partial charge in [0, 0.05) is 16.8 Å². The molecule has 0 heterocycles. The molecule has 0 spiro atoms. The number of benzene rings is 1. The van der Waals surface area contributed by atoms with Gasteiger partial charge in [0.15, 0.2) is 0 Å². The molecule has 4 nitrogen and oxygen atoms in total. The van der Waals surface area contributed by atoms with Crippen LogP contribution in [0.3, 0.4) is 0 Å². The normalized spacial score (nSPS) is 13.7. The summed E-state index contributed by atoms with van der Waals surface area (Å²) in [5.41, 5.74) is 6.86. The van der Waals surface area contributed by atoms with Crippen molar-refractivity contribution in [1.29, 1.82) is 0 Å². The summed E-state index contributed by atoms with van der Waals surface area (Å²) in [5, 5.41) is 0.362. The maximum Gasteiger partial charge on any atom is 0.240 e. The predicted octanol–water partition coefficient (Wildman–Crippen LogP) is 3.33. The van der Waals surface area contributed by atoms with Gasteiger partial charge in [-0.3, -0.25) is 0 Å². The molecule has 0 radical (unpaired) electrons. The average molecular weight is 319 g/mol. The van der Waals surface area contributed by atoms with E-state index in [9.17, 15) is 8.42 Å². The maximum absolute atomic E-state index is 12.4. The van der Waals surface area contributed by atoms with Crippen molar-refractivity contribution in [3.05, 3.63) is 22.7 Å². The van der Waals surface area contributed by atoms with Crippen LogP contribution in [0.1, 0.15) is 39.2 Å². The van der Waals surface area contributed by atoms with Crippen LogP contribution < -0.4 is 10.5 Å². The lowest BCUT2D eigenvalue weighted by molar-refractivity contribution is 0.391. The lowest BCUT2D eigenvalue weighted by atomic mass is 9.96. The number of nitrogens with one attached hydrogen (secondary N) is 1. The third-order valence-electron chi connectivity index (χ3n) is 3.77. The van der Waals surface area contributed by atoms with Crippen LogP contribution in [0.15, 0.2) is 17.0 Å². The first-order chi connectivity index (χ1) is 9.22. The number of rotatable bonds is 6. The van der Waals surface area contributed by atoms with E-state index in [-0.39, 0.29) is 10.9 Å². The summed E-state index contributed by atoms with van der Waals surface area (Å²) in [4.78, 5) is 0.114. The molecular formula is C14H23ClN2O2S. The van der Waals surface area contributed by atoms with Crippen molar-refractivity contribution in [3.8, 4) is 0 Å². The standard InChI is InChI=1S/C14H23ClN2O2S/c1-5-11(6-2)10(4)17-20(18,19)12-7-13(15)9(3)14(16)8-12/h7-8,10-11,17H,5-6,16H2,1-4H3. The van der Waals surface area contributed by atoms with Crippen molar-refractivity contribution in [2.75, 3.05) is 5.73 Å². The summed E-state index contributed by atoms with van der Waals surface area (Å²) in [7, 11) is -3.60. The molecule has 0 aliphatic heterocycles. The Morgan fingerprint density at radius 2 is 1.85 bits per heavy atom. The van der Waals surface area contributed by atoms with Crippen molar-refractivity contribution in [3.63, 3.8) is 0 Å². The number of halogens is 1. The van der Waals surface area contributed by atoms with Gasteiger partial charge in [-0.25, -0.2) is 13.1 Å². The summed E-state index contributed by atoms with van der Waals surface area (Å²) >= 11 is 6.01. The van der Waals surface area contributed by atoms with E-state index < -0.39 is 10.0 Å². The molecule has 3 N–H and O–H groups in total. The Kier molecular flexibility index (Phi) is 5.86. The second-order valence-corrected chi connectivity index (χ2v) is 7.23. The van der Waals surface area contributed by atoms with E-state index in [2.05, 4.69) is 18.6 Å². The second-order valence-electron chi connectivity index (χ2n) is 5.11. The molecule has 20 heavy (non-hydrogen) atoms. The molecule has 0 saturated carbocycles. The molecule has 0 saturated heterocycles. The molecule has 0 amide bonds. The molecule has 1 atom stereocenters. The zero-order valence-electron chi connectivity index (χ0n) is 12.4. The lowest BCUT2D eigenvalue weighted by Crippen LogP contribution is -2.37. The SMILES string of the molecule is CCC(CC)C(C)NS(=O)(=O)c1cc(N)c(C)c(Cl)c1. The minimum atomic E-state index is -3.60. The number of anilines is 1. The first kappa shape index (κ1) is 17.3. The molecule has 0 aliphatic rings. The Morgan fingerprint density at radius 3 is 2.30 bits per heavy atom. The van der Waals surface area contributed by atoms with Crippen molar-refractivity contribution in [2.24, 2.45) is 5.92 Å². The molecule has 6 heteroatoms. The van der Waals surface area contributed by atoms with Crippen LogP contribution in [0, 0.1) is 12.8 Å². The van der Waals surface area contributed by atoms with E-state index >= 15 is 0 Å². The summed E-state index contributed by atoms with van der Waals surface area (Å²) in [6.07, 6.45) is 1.86. The number of sulfonamides is 1. The van der Waals surface area contributed by atoms with E-state index in [0.717, 1.165) is 12.8 Å². The fraction of sp³-hybridized carbons (Fsp3) is 0.571. The molecular weight excluding hydrogens is 296 g/mol. The van der Waals surface area contributed by atoms with E-state index in [1.165, 1.54) is 12.1 Å². The first-order valence-corrected chi connectivity index (χ1v) is 8.67. The van der Waals surface area contributed by atoms with Crippen molar-refractivity contribution in [2.45, 2.75) is 51.5 Å². The van der Waals surface area contributed by atoms with Gasteiger partial charge in [-0.15, -0.1) is 0 Å². The van der Waals surface area contributed by atoms with E-state index in [1.54, 1.807) is 6.92 Å². The summed E-state index contributed by atoms with van der Waals surface area (Å²) in [5.74, 6) is 0.308. The number of hydrogen-bond acceptors (Lipinski definition) is 3. The minimum Gasteiger partial charge on any atom is -0.398 e. The Balaban J connectivity index is 3.06. The monoisotopic (exact) mass is 318 g/mol. The second kappa shape index (κ2) is 6.78. The van der Waals surface area contributed by atoms with Crippen LogP contribution in [-0.4, -0.2) is 14.5 Å². The fourth-order valence-electron chi connectivity index (χ4n) is 2.23. The van der Waals surface area contributed by atoms with Gasteiger partial charge in [-0.2, -0.15) is 0 Å². The van der Waals surface area contributed by atoms with Gasteiger partial charge in [0.25, 0.3) is 0 Å². The van der Waals surface area contributed by atoms with Gasteiger partial charge in [0.1, 0.15) is 0 Å². The van der Waals surface area contributed by atoms with Crippen LogP contribution in [0.4, 0.5) is 5.69 Å². The van der Waals surface area contributed by atoms with E-state index in [1.807, 2.05) is 6.92 Å². The minimum absolute atomic E-state index is 0.114. The van der Waals surface area contributed by atoms with Crippen LogP contribution in [0.5, 0.6) is 0 Å². The van der Waals surface area contributed by atoms with Gasteiger partial charge in [0.2, 0.25) is 10.0 Å². The zero-order chi connectivity index (χ0) is 15.5. The summed E-state index contributed by atoms with van der Waals surface area (Å²) in [6.45, 7) is 7.75. The maximum atomic E-state index is 12.4. The number of nitrogen functional groups attached to an aromatic ring is 1. The molecule has 1 aromatic rings. The first-order valence-electron chi connectivity index (χ1n) is 6.80. The summed E-state index contributed by atoms with van der Waals surface area (Å²) < 4.78 is 27.4. The molecule has 1 unspecified atom stereocenters. The molecule has 114 valence electrons. The quantitative estimate of drug-likeness (QED) is 0.790. The fourth-order valence-corrected chi connectivity index (χ4v) is 3.90. The van der Waals surface area contributed by atoms with Crippen LogP contribution in [0.25, 0.3) is 0 Å². The van der Waals surface area contributed by atoms with Crippen molar-refractivity contribution in [1.82, 2.24) is 4.72 Å².